The molecule has 0 fully saturated rings. The number of hydrogen-bond donors (Lipinski definition) is 2. The molecule has 2 N–H and O–H groups in total. The van der Waals surface area contributed by atoms with Crippen molar-refractivity contribution in [2.45, 2.75) is 5.92 Å². The molecule has 2 amide bonds. The van der Waals surface area contributed by atoms with E-state index in [1.807, 2.05) is 0 Å². The minimum Gasteiger partial charge on any atom is -0.481 e. The fraction of sp³-hybridized carbons (Fsp3) is 0.182. The summed E-state index contributed by atoms with van der Waals surface area (Å²) in [6.45, 7) is 0. The lowest BCUT2D eigenvalue weighted by atomic mass is 10.0. The molecule has 0 heterocycles. The van der Waals surface area contributed by atoms with Crippen LogP contribution in [0, 0.1) is 0 Å². The predicted octanol–water partition coefficient (Wildman–Crippen LogP) is 1.26. The van der Waals surface area contributed by atoms with Crippen molar-refractivity contribution in [1.82, 2.24) is 5.32 Å². The van der Waals surface area contributed by atoms with E-state index in [1.54, 1.807) is 30.3 Å². The van der Waals surface area contributed by atoms with Gasteiger partial charge < -0.3 is 10.4 Å². The zero-order chi connectivity index (χ0) is 12.0. The first-order valence-corrected chi connectivity index (χ1v) is 4.69. The zero-order valence-electron chi connectivity index (χ0n) is 8.75. The molecule has 5 heteroatoms. The summed E-state index contributed by atoms with van der Waals surface area (Å²) in [7, 11) is 1.43. The number of carboxylic acids is 1. The van der Waals surface area contributed by atoms with Gasteiger partial charge in [-0.25, -0.2) is 9.79 Å². The van der Waals surface area contributed by atoms with Crippen molar-refractivity contribution in [3.05, 3.63) is 35.9 Å². The molecular weight excluding hydrogens is 208 g/mol. The smallest absolute Gasteiger partial charge is 0.340 e. The van der Waals surface area contributed by atoms with Crippen molar-refractivity contribution >= 4 is 18.2 Å². The first-order chi connectivity index (χ1) is 7.65. The van der Waals surface area contributed by atoms with Crippen LogP contribution in [0.1, 0.15) is 11.5 Å². The van der Waals surface area contributed by atoms with Crippen LogP contribution in [0.2, 0.25) is 0 Å². The first kappa shape index (κ1) is 11.9. The summed E-state index contributed by atoms with van der Waals surface area (Å²) in [5, 5.41) is 11.3. The summed E-state index contributed by atoms with van der Waals surface area (Å²) in [5.74, 6) is -1.95. The fourth-order valence-electron chi connectivity index (χ4n) is 1.16. The van der Waals surface area contributed by atoms with Crippen molar-refractivity contribution in [2.75, 3.05) is 7.05 Å². The topological polar surface area (TPSA) is 78.8 Å². The number of aliphatic carboxylic acids is 1. The lowest BCUT2D eigenvalue weighted by Gasteiger charge is -2.06. The van der Waals surface area contributed by atoms with Crippen molar-refractivity contribution in [3.8, 4) is 0 Å². The maximum atomic E-state index is 11.0. The molecule has 0 aliphatic heterocycles. The Morgan fingerprint density at radius 2 is 2.00 bits per heavy atom. The lowest BCUT2D eigenvalue weighted by Crippen LogP contribution is -2.17. The maximum absolute atomic E-state index is 11.0. The average molecular weight is 220 g/mol. The van der Waals surface area contributed by atoms with Crippen LogP contribution < -0.4 is 5.32 Å². The molecule has 0 aliphatic rings. The Balaban J connectivity index is 2.89. The van der Waals surface area contributed by atoms with Gasteiger partial charge in [-0.3, -0.25) is 4.79 Å². The van der Waals surface area contributed by atoms with Gasteiger partial charge >= 0.3 is 12.0 Å². The van der Waals surface area contributed by atoms with Crippen molar-refractivity contribution < 1.29 is 14.7 Å². The van der Waals surface area contributed by atoms with Crippen molar-refractivity contribution in [3.63, 3.8) is 0 Å². The second-order valence-electron chi connectivity index (χ2n) is 3.06. The quantitative estimate of drug-likeness (QED) is 0.753. The molecule has 0 spiro atoms. The maximum Gasteiger partial charge on any atom is 0.340 e. The molecule has 0 aliphatic carbocycles. The number of aliphatic imine (C=N–C) groups is 1. The summed E-state index contributed by atoms with van der Waals surface area (Å²) >= 11 is 0. The Kier molecular flexibility index (Phi) is 4.20. The van der Waals surface area contributed by atoms with Crippen LogP contribution in [-0.4, -0.2) is 30.4 Å². The lowest BCUT2D eigenvalue weighted by molar-refractivity contribution is -0.136. The van der Waals surface area contributed by atoms with Crippen molar-refractivity contribution in [2.24, 2.45) is 4.99 Å². The zero-order valence-corrected chi connectivity index (χ0v) is 8.75. The Hall–Kier alpha value is -2.17. The van der Waals surface area contributed by atoms with Gasteiger partial charge in [-0.2, -0.15) is 0 Å². The molecule has 84 valence electrons. The Bertz CT molecular complexity index is 401. The minimum atomic E-state index is -1.04. The third kappa shape index (κ3) is 3.20. The molecule has 5 nitrogen and oxygen atoms in total. The number of carboxylic acid groups (broad SMARTS) is 1. The monoisotopic (exact) mass is 220 g/mol. The first-order valence-electron chi connectivity index (χ1n) is 4.69. The number of hydrogen-bond acceptors (Lipinski definition) is 2. The number of rotatable bonds is 3. The number of nitrogens with one attached hydrogen (secondary N) is 1. The number of nitrogens with zero attached hydrogens (tertiary/aromatic N) is 1. The molecule has 0 bridgehead atoms. The molecule has 0 saturated heterocycles. The van der Waals surface area contributed by atoms with Crippen LogP contribution in [-0.2, 0) is 4.79 Å². The van der Waals surface area contributed by atoms with E-state index in [0.717, 1.165) is 6.21 Å². The van der Waals surface area contributed by atoms with Crippen LogP contribution in [0.15, 0.2) is 35.3 Å². The highest BCUT2D eigenvalue weighted by molar-refractivity contribution is 5.98. The van der Waals surface area contributed by atoms with E-state index in [-0.39, 0.29) is 0 Å². The van der Waals surface area contributed by atoms with Crippen LogP contribution in [0.4, 0.5) is 4.79 Å². The third-order valence-electron chi connectivity index (χ3n) is 1.98. The number of benzene rings is 1. The van der Waals surface area contributed by atoms with E-state index in [9.17, 15) is 9.59 Å². The van der Waals surface area contributed by atoms with Gasteiger partial charge in [0.15, 0.2) is 0 Å². The standard InChI is InChI=1S/C11H12N2O3/c1-12-11(16)13-7-9(10(14)15)8-5-3-2-4-6-8/h2-7,9H,1H3,(H,12,16)(H,14,15). The van der Waals surface area contributed by atoms with Gasteiger partial charge in [-0.05, 0) is 5.56 Å². The highest BCUT2D eigenvalue weighted by atomic mass is 16.4. The third-order valence-corrected chi connectivity index (χ3v) is 1.98. The highest BCUT2D eigenvalue weighted by Gasteiger charge is 2.17. The molecule has 0 aromatic heterocycles. The van der Waals surface area contributed by atoms with E-state index in [0.29, 0.717) is 5.56 Å². The van der Waals surface area contributed by atoms with Crippen LogP contribution in [0.3, 0.4) is 0 Å². The largest absolute Gasteiger partial charge is 0.481 e. The average Bonchev–Trinajstić information content (AvgIpc) is 2.30. The summed E-state index contributed by atoms with van der Waals surface area (Å²) < 4.78 is 0. The SMILES string of the molecule is CNC(=O)N=CC(C(=O)O)c1ccccc1. The van der Waals surface area contributed by atoms with E-state index >= 15 is 0 Å². The highest BCUT2D eigenvalue weighted by Crippen LogP contribution is 2.13. The summed E-state index contributed by atoms with van der Waals surface area (Å²) in [6.07, 6.45) is 1.12. The van der Waals surface area contributed by atoms with Crippen LogP contribution in [0.25, 0.3) is 0 Å². The van der Waals surface area contributed by atoms with Crippen LogP contribution in [0.5, 0.6) is 0 Å². The normalized spacial score (nSPS) is 12.3. The predicted molar refractivity (Wildman–Crippen MR) is 59.8 cm³/mol. The van der Waals surface area contributed by atoms with Gasteiger partial charge in [0, 0.05) is 13.3 Å². The Morgan fingerprint density at radius 3 is 2.50 bits per heavy atom. The molecule has 0 saturated carbocycles. The van der Waals surface area contributed by atoms with Gasteiger partial charge in [0.05, 0.1) is 0 Å². The molecule has 1 unspecified atom stereocenters. The molecule has 16 heavy (non-hydrogen) atoms. The summed E-state index contributed by atoms with van der Waals surface area (Å²) in [6, 6.07) is 8.04. The molecular formula is C11H12N2O3. The van der Waals surface area contributed by atoms with Crippen LogP contribution >= 0.6 is 0 Å². The van der Waals surface area contributed by atoms with E-state index in [1.165, 1.54) is 7.05 Å². The number of carbonyl (C=O) groups excluding carboxylic acids is 1. The summed E-state index contributed by atoms with van der Waals surface area (Å²) in [5.41, 5.74) is 0.586. The minimum absolute atomic E-state index is 0.567. The van der Waals surface area contributed by atoms with E-state index < -0.39 is 17.9 Å². The molecule has 1 aromatic carbocycles. The fourth-order valence-corrected chi connectivity index (χ4v) is 1.16. The van der Waals surface area contributed by atoms with Gasteiger partial charge in [-0.15, -0.1) is 0 Å². The van der Waals surface area contributed by atoms with E-state index in [4.69, 9.17) is 5.11 Å². The number of urea groups is 1. The van der Waals surface area contributed by atoms with Gasteiger partial charge in [0.25, 0.3) is 0 Å². The summed E-state index contributed by atoms with van der Waals surface area (Å²) in [4.78, 5) is 25.3. The molecule has 1 atom stereocenters. The molecule has 0 radical (unpaired) electrons. The number of carbonyl (C=O) groups is 2. The molecule has 1 aromatic rings. The Morgan fingerprint density at radius 1 is 1.38 bits per heavy atom. The second kappa shape index (κ2) is 5.65. The Labute approximate surface area is 92.8 Å². The van der Waals surface area contributed by atoms with Gasteiger partial charge in [0.2, 0.25) is 0 Å². The van der Waals surface area contributed by atoms with Gasteiger partial charge in [-0.1, -0.05) is 30.3 Å². The van der Waals surface area contributed by atoms with E-state index in [2.05, 4.69) is 10.3 Å². The second-order valence-corrected chi connectivity index (χ2v) is 3.06. The van der Waals surface area contributed by atoms with Crippen molar-refractivity contribution in [1.29, 1.82) is 0 Å². The van der Waals surface area contributed by atoms with Gasteiger partial charge in [0.1, 0.15) is 5.92 Å². The number of amides is 2. The molecule has 1 rings (SSSR count).